The fourth-order valence-electron chi connectivity index (χ4n) is 4.79. The topological polar surface area (TPSA) is 71.3 Å². The number of hydrogen-bond donors (Lipinski definition) is 2. The third-order valence-electron chi connectivity index (χ3n) is 6.48. The van der Waals surface area contributed by atoms with Crippen LogP contribution in [0.1, 0.15) is 69.9 Å². The predicted octanol–water partition coefficient (Wildman–Crippen LogP) is 4.31. The lowest BCUT2D eigenvalue weighted by Gasteiger charge is -2.37. The number of furan rings is 1. The first kappa shape index (κ1) is 20.7. The molecule has 2 aliphatic carbocycles. The molecule has 0 spiro atoms. The Hall–Kier alpha value is -2.04. The number of allylic oxidation sites excluding steroid dienone is 1. The Morgan fingerprint density at radius 3 is 2.64 bits per heavy atom. The molecule has 2 amide bonds. The largest absolute Gasteiger partial charge is 0.459 e. The van der Waals surface area contributed by atoms with Crippen LogP contribution in [0.2, 0.25) is 0 Å². The van der Waals surface area contributed by atoms with Crippen LogP contribution in [0, 0.1) is 23.7 Å². The van der Waals surface area contributed by atoms with E-state index in [1.54, 1.807) is 12.1 Å². The highest BCUT2D eigenvalue weighted by Crippen LogP contribution is 2.38. The van der Waals surface area contributed by atoms with E-state index in [0.29, 0.717) is 42.5 Å². The van der Waals surface area contributed by atoms with Gasteiger partial charge in [-0.1, -0.05) is 38.3 Å². The lowest BCUT2D eigenvalue weighted by atomic mass is 9.69. The molecule has 0 bridgehead atoms. The zero-order chi connectivity index (χ0) is 20.1. The molecule has 2 aliphatic rings. The van der Waals surface area contributed by atoms with Crippen LogP contribution in [0.15, 0.2) is 34.5 Å². The fraction of sp³-hybridized carbons (Fsp3) is 0.652. The first-order valence-corrected chi connectivity index (χ1v) is 10.7. The van der Waals surface area contributed by atoms with Crippen LogP contribution in [0.4, 0.5) is 0 Å². The van der Waals surface area contributed by atoms with Gasteiger partial charge in [0, 0.05) is 19.0 Å². The minimum absolute atomic E-state index is 0.170. The van der Waals surface area contributed by atoms with Crippen molar-refractivity contribution in [2.45, 2.75) is 65.3 Å². The van der Waals surface area contributed by atoms with Gasteiger partial charge in [0.1, 0.15) is 0 Å². The summed E-state index contributed by atoms with van der Waals surface area (Å²) in [5.41, 5.74) is 1.27. The smallest absolute Gasteiger partial charge is 0.286 e. The molecule has 0 aromatic carbocycles. The van der Waals surface area contributed by atoms with Crippen LogP contribution in [0.25, 0.3) is 0 Å². The fourth-order valence-corrected chi connectivity index (χ4v) is 4.79. The van der Waals surface area contributed by atoms with Crippen molar-refractivity contribution >= 4 is 11.8 Å². The van der Waals surface area contributed by atoms with Crippen molar-refractivity contribution in [3.05, 3.63) is 35.8 Å². The minimum atomic E-state index is -0.170. The molecule has 0 saturated heterocycles. The van der Waals surface area contributed by atoms with Crippen molar-refractivity contribution in [2.24, 2.45) is 23.7 Å². The Morgan fingerprint density at radius 1 is 1.25 bits per heavy atom. The summed E-state index contributed by atoms with van der Waals surface area (Å²) in [5.74, 6) is 1.89. The van der Waals surface area contributed by atoms with E-state index in [4.69, 9.17) is 4.42 Å². The molecule has 5 heteroatoms. The van der Waals surface area contributed by atoms with Crippen molar-refractivity contribution < 1.29 is 14.0 Å². The summed E-state index contributed by atoms with van der Waals surface area (Å²) in [6.45, 7) is 7.19. The molecule has 3 rings (SSSR count). The zero-order valence-electron chi connectivity index (χ0n) is 17.4. The molecule has 3 atom stereocenters. The van der Waals surface area contributed by atoms with Crippen molar-refractivity contribution in [3.8, 4) is 0 Å². The second kappa shape index (κ2) is 9.44. The average Bonchev–Trinajstić information content (AvgIpc) is 3.35. The zero-order valence-corrected chi connectivity index (χ0v) is 17.4. The summed E-state index contributed by atoms with van der Waals surface area (Å²) in [7, 11) is 0. The first-order valence-electron chi connectivity index (χ1n) is 10.7. The number of carbonyl (C=O) groups excluding carboxylic acids is 2. The third-order valence-corrected chi connectivity index (χ3v) is 6.48. The van der Waals surface area contributed by atoms with Crippen LogP contribution in [0.5, 0.6) is 0 Å². The van der Waals surface area contributed by atoms with Gasteiger partial charge in [0.25, 0.3) is 5.91 Å². The number of amides is 2. The number of nitrogens with one attached hydrogen (secondary N) is 2. The molecule has 154 valence electrons. The molecule has 0 aliphatic heterocycles. The van der Waals surface area contributed by atoms with E-state index in [1.807, 2.05) is 0 Å². The second-order valence-corrected chi connectivity index (χ2v) is 8.86. The number of carbonyl (C=O) groups is 2. The Kier molecular flexibility index (Phi) is 6.97. The van der Waals surface area contributed by atoms with E-state index in [1.165, 1.54) is 24.7 Å². The SMILES string of the molecule is CC1=CC(CNC(=O)c2ccco2)C(C(C)C)CC1CC(=O)NC1CCCC1. The summed E-state index contributed by atoms with van der Waals surface area (Å²) in [6.07, 6.45) is 10.1. The van der Waals surface area contributed by atoms with Gasteiger partial charge in [-0.25, -0.2) is 0 Å². The van der Waals surface area contributed by atoms with E-state index in [9.17, 15) is 9.59 Å². The lowest BCUT2D eigenvalue weighted by Crippen LogP contribution is -2.38. The highest BCUT2D eigenvalue weighted by atomic mass is 16.3. The summed E-state index contributed by atoms with van der Waals surface area (Å²) >= 11 is 0. The van der Waals surface area contributed by atoms with Crippen LogP contribution in [0.3, 0.4) is 0 Å². The maximum Gasteiger partial charge on any atom is 0.286 e. The summed E-state index contributed by atoms with van der Waals surface area (Å²) < 4.78 is 5.17. The molecule has 1 aromatic rings. The highest BCUT2D eigenvalue weighted by molar-refractivity contribution is 5.91. The molecule has 5 nitrogen and oxygen atoms in total. The monoisotopic (exact) mass is 386 g/mol. The van der Waals surface area contributed by atoms with Crippen molar-refractivity contribution in [1.82, 2.24) is 10.6 Å². The normalized spacial score (nSPS) is 25.6. The van der Waals surface area contributed by atoms with Gasteiger partial charge in [-0.2, -0.15) is 0 Å². The van der Waals surface area contributed by atoms with Crippen molar-refractivity contribution in [2.75, 3.05) is 6.54 Å². The van der Waals surface area contributed by atoms with E-state index in [0.717, 1.165) is 19.3 Å². The van der Waals surface area contributed by atoms with E-state index in [2.05, 4.69) is 37.5 Å². The third kappa shape index (κ3) is 5.27. The quantitative estimate of drug-likeness (QED) is 0.686. The van der Waals surface area contributed by atoms with Gasteiger partial charge >= 0.3 is 0 Å². The Balaban J connectivity index is 1.58. The van der Waals surface area contributed by atoms with Gasteiger partial charge in [0.05, 0.1) is 6.26 Å². The Morgan fingerprint density at radius 2 is 2.00 bits per heavy atom. The minimum Gasteiger partial charge on any atom is -0.459 e. The molecule has 1 fully saturated rings. The maximum absolute atomic E-state index is 12.5. The molecule has 1 aromatic heterocycles. The Labute approximate surface area is 168 Å². The molecule has 1 heterocycles. The van der Waals surface area contributed by atoms with E-state index >= 15 is 0 Å². The van der Waals surface area contributed by atoms with Crippen LogP contribution in [-0.4, -0.2) is 24.4 Å². The van der Waals surface area contributed by atoms with Crippen molar-refractivity contribution in [3.63, 3.8) is 0 Å². The number of rotatable bonds is 7. The average molecular weight is 387 g/mol. The van der Waals surface area contributed by atoms with Crippen LogP contribution in [-0.2, 0) is 4.79 Å². The number of hydrogen-bond acceptors (Lipinski definition) is 3. The van der Waals surface area contributed by atoms with Gasteiger partial charge in [-0.05, 0) is 62.0 Å². The molecular weight excluding hydrogens is 352 g/mol. The molecule has 0 radical (unpaired) electrons. The second-order valence-electron chi connectivity index (χ2n) is 8.86. The van der Waals surface area contributed by atoms with Crippen LogP contribution >= 0.6 is 0 Å². The van der Waals surface area contributed by atoms with Gasteiger partial charge in [0.2, 0.25) is 5.91 Å². The lowest BCUT2D eigenvalue weighted by molar-refractivity contribution is -0.122. The van der Waals surface area contributed by atoms with Gasteiger partial charge in [-0.15, -0.1) is 0 Å². The van der Waals surface area contributed by atoms with Gasteiger partial charge < -0.3 is 15.1 Å². The molecule has 3 unspecified atom stereocenters. The Bertz CT molecular complexity index is 687. The summed E-state index contributed by atoms with van der Waals surface area (Å²) in [5, 5.41) is 6.23. The highest BCUT2D eigenvalue weighted by Gasteiger charge is 2.33. The standard InChI is InChI=1S/C23H34N2O3/c1-15(2)20-12-17(13-22(26)25-19-7-4-5-8-19)16(3)11-18(20)14-24-23(27)21-9-6-10-28-21/h6,9-11,15,17-20H,4-5,7-8,12-14H2,1-3H3,(H,24,27)(H,25,26). The molecule has 28 heavy (non-hydrogen) atoms. The molecule has 2 N–H and O–H groups in total. The van der Waals surface area contributed by atoms with Gasteiger partial charge in [0.15, 0.2) is 5.76 Å². The predicted molar refractivity (Wildman–Crippen MR) is 110 cm³/mol. The molecule has 1 saturated carbocycles. The molecular formula is C23H34N2O3. The van der Waals surface area contributed by atoms with E-state index < -0.39 is 0 Å². The van der Waals surface area contributed by atoms with Gasteiger partial charge in [-0.3, -0.25) is 9.59 Å². The summed E-state index contributed by atoms with van der Waals surface area (Å²) in [4.78, 5) is 24.7. The van der Waals surface area contributed by atoms with Crippen LogP contribution < -0.4 is 10.6 Å². The van der Waals surface area contributed by atoms with Crippen molar-refractivity contribution in [1.29, 1.82) is 0 Å². The van der Waals surface area contributed by atoms with E-state index in [-0.39, 0.29) is 17.7 Å². The summed E-state index contributed by atoms with van der Waals surface area (Å²) in [6, 6.07) is 3.78. The maximum atomic E-state index is 12.5. The first-order chi connectivity index (χ1) is 13.4.